The van der Waals surface area contributed by atoms with Crippen molar-refractivity contribution in [1.29, 1.82) is 0 Å². The van der Waals surface area contributed by atoms with E-state index in [1.807, 2.05) is 31.0 Å². The zero-order valence-electron chi connectivity index (χ0n) is 11.2. The van der Waals surface area contributed by atoms with Crippen LogP contribution in [-0.2, 0) is 6.42 Å². The van der Waals surface area contributed by atoms with E-state index in [2.05, 4.69) is 13.8 Å². The third-order valence-corrected chi connectivity index (χ3v) is 2.62. The molecule has 1 unspecified atom stereocenters. The molecule has 2 N–H and O–H groups in total. The van der Waals surface area contributed by atoms with Gasteiger partial charge in [0.15, 0.2) is 0 Å². The van der Waals surface area contributed by atoms with Crippen LogP contribution in [0.15, 0.2) is 18.2 Å². The Balaban J connectivity index is 2.82. The second kappa shape index (κ2) is 6.01. The van der Waals surface area contributed by atoms with Crippen molar-refractivity contribution in [3.8, 4) is 0 Å². The van der Waals surface area contributed by atoms with E-state index in [4.69, 9.17) is 5.73 Å². The molecule has 1 atom stereocenters. The topological polar surface area (TPSA) is 29.3 Å². The van der Waals surface area contributed by atoms with Crippen LogP contribution in [0, 0.1) is 11.7 Å². The lowest BCUT2D eigenvalue weighted by Gasteiger charge is -2.22. The number of nitrogens with zero attached hydrogens (tertiary/aromatic N) is 1. The number of halogens is 1. The number of hydrogen-bond acceptors (Lipinski definition) is 2. The molecule has 0 saturated carbocycles. The highest BCUT2D eigenvalue weighted by atomic mass is 19.1. The minimum Gasteiger partial charge on any atom is -0.372 e. The molecule has 0 saturated heterocycles. The van der Waals surface area contributed by atoms with Gasteiger partial charge in [0.2, 0.25) is 0 Å². The highest BCUT2D eigenvalue weighted by molar-refractivity contribution is 5.48. The summed E-state index contributed by atoms with van der Waals surface area (Å²) >= 11 is 0. The predicted octanol–water partition coefficient (Wildman–Crippen LogP) is 2.81. The molecule has 1 aromatic rings. The largest absolute Gasteiger partial charge is 0.372 e. The number of nitrogens with two attached hydrogens (primary N) is 1. The molecular weight excluding hydrogens is 215 g/mol. The van der Waals surface area contributed by atoms with Crippen LogP contribution >= 0.6 is 0 Å². The molecule has 0 bridgehead atoms. The number of benzene rings is 1. The van der Waals surface area contributed by atoms with Crippen molar-refractivity contribution < 1.29 is 4.39 Å². The van der Waals surface area contributed by atoms with Crippen molar-refractivity contribution in [3.05, 3.63) is 29.6 Å². The summed E-state index contributed by atoms with van der Waals surface area (Å²) in [5, 5.41) is 0. The normalized spacial score (nSPS) is 12.9. The molecule has 0 aliphatic carbocycles. The smallest absolute Gasteiger partial charge is 0.146 e. The predicted molar refractivity (Wildman–Crippen MR) is 71.9 cm³/mol. The molecular formula is C14H23FN2. The van der Waals surface area contributed by atoms with Crippen LogP contribution in [0.4, 0.5) is 10.1 Å². The van der Waals surface area contributed by atoms with Crippen LogP contribution in [0.1, 0.15) is 26.3 Å². The molecule has 0 amide bonds. The summed E-state index contributed by atoms with van der Waals surface area (Å²) in [4.78, 5) is 1.95. The number of anilines is 1. The maximum Gasteiger partial charge on any atom is 0.146 e. The van der Waals surface area contributed by atoms with Gasteiger partial charge in [0.1, 0.15) is 5.82 Å². The molecule has 0 heterocycles. The Morgan fingerprint density at radius 2 is 1.94 bits per heavy atom. The first kappa shape index (κ1) is 14.0. The Labute approximate surface area is 104 Å². The average Bonchev–Trinajstić information content (AvgIpc) is 2.14. The maximum absolute atomic E-state index is 13.9. The molecule has 0 fully saturated rings. The fourth-order valence-corrected chi connectivity index (χ4v) is 2.00. The lowest BCUT2D eigenvalue weighted by atomic mass is 10.1. The molecule has 3 heteroatoms. The average molecular weight is 238 g/mol. The highest BCUT2D eigenvalue weighted by Crippen LogP contribution is 2.20. The Bertz CT molecular complexity index is 361. The molecule has 2 nitrogen and oxygen atoms in total. The van der Waals surface area contributed by atoms with Gasteiger partial charge in [-0.25, -0.2) is 4.39 Å². The quantitative estimate of drug-likeness (QED) is 0.854. The lowest BCUT2D eigenvalue weighted by molar-refractivity contribution is 0.597. The SMILES string of the molecule is CC(C)CN(C)c1ccc(CC(C)N)cc1F. The van der Waals surface area contributed by atoms with Crippen LogP contribution in [0.3, 0.4) is 0 Å². The van der Waals surface area contributed by atoms with E-state index in [1.54, 1.807) is 6.07 Å². The summed E-state index contributed by atoms with van der Waals surface area (Å²) < 4.78 is 13.9. The van der Waals surface area contributed by atoms with Crippen LogP contribution < -0.4 is 10.6 Å². The first-order valence-corrected chi connectivity index (χ1v) is 6.15. The van der Waals surface area contributed by atoms with Crippen molar-refractivity contribution >= 4 is 5.69 Å². The number of hydrogen-bond donors (Lipinski definition) is 1. The third kappa shape index (κ3) is 4.35. The van der Waals surface area contributed by atoms with Gasteiger partial charge in [-0.1, -0.05) is 19.9 Å². The summed E-state index contributed by atoms with van der Waals surface area (Å²) in [6.07, 6.45) is 0.713. The molecule has 96 valence electrons. The first-order chi connectivity index (χ1) is 7.90. The van der Waals surface area contributed by atoms with E-state index in [9.17, 15) is 4.39 Å². The zero-order chi connectivity index (χ0) is 13.0. The minimum atomic E-state index is -0.161. The van der Waals surface area contributed by atoms with E-state index >= 15 is 0 Å². The highest BCUT2D eigenvalue weighted by Gasteiger charge is 2.10. The van der Waals surface area contributed by atoms with Crippen LogP contribution in [0.5, 0.6) is 0 Å². The van der Waals surface area contributed by atoms with Crippen LogP contribution in [-0.4, -0.2) is 19.6 Å². The van der Waals surface area contributed by atoms with Crippen molar-refractivity contribution in [2.45, 2.75) is 33.2 Å². The molecule has 0 aliphatic rings. The van der Waals surface area contributed by atoms with Gasteiger partial charge in [-0.15, -0.1) is 0 Å². The molecule has 1 aromatic carbocycles. The summed E-state index contributed by atoms with van der Waals surface area (Å²) in [6.45, 7) is 7.03. The van der Waals surface area contributed by atoms with E-state index in [0.29, 0.717) is 18.0 Å². The number of rotatable bonds is 5. The van der Waals surface area contributed by atoms with Gasteiger partial charge in [0, 0.05) is 19.6 Å². The summed E-state index contributed by atoms with van der Waals surface area (Å²) in [6, 6.07) is 5.46. The Morgan fingerprint density at radius 3 is 2.41 bits per heavy atom. The monoisotopic (exact) mass is 238 g/mol. The van der Waals surface area contributed by atoms with Gasteiger partial charge in [0.05, 0.1) is 5.69 Å². The van der Waals surface area contributed by atoms with Gasteiger partial charge in [0.25, 0.3) is 0 Å². The van der Waals surface area contributed by atoms with E-state index in [0.717, 1.165) is 12.1 Å². The fraction of sp³-hybridized carbons (Fsp3) is 0.571. The second-order valence-corrected chi connectivity index (χ2v) is 5.24. The summed E-state index contributed by atoms with van der Waals surface area (Å²) in [5.74, 6) is 0.356. The van der Waals surface area contributed by atoms with Crippen molar-refractivity contribution in [2.24, 2.45) is 11.7 Å². The molecule has 0 radical (unpaired) electrons. The van der Waals surface area contributed by atoms with Crippen molar-refractivity contribution in [2.75, 3.05) is 18.5 Å². The molecule has 0 spiro atoms. The van der Waals surface area contributed by atoms with Crippen molar-refractivity contribution in [3.63, 3.8) is 0 Å². The third-order valence-electron chi connectivity index (χ3n) is 2.62. The van der Waals surface area contributed by atoms with E-state index in [1.165, 1.54) is 0 Å². The summed E-state index contributed by atoms with van der Waals surface area (Å²) in [5.41, 5.74) is 7.32. The van der Waals surface area contributed by atoms with E-state index < -0.39 is 0 Å². The first-order valence-electron chi connectivity index (χ1n) is 6.15. The maximum atomic E-state index is 13.9. The molecule has 1 rings (SSSR count). The molecule has 0 aromatic heterocycles. The van der Waals surface area contributed by atoms with Crippen LogP contribution in [0.2, 0.25) is 0 Å². The van der Waals surface area contributed by atoms with Gasteiger partial charge >= 0.3 is 0 Å². The summed E-state index contributed by atoms with van der Waals surface area (Å²) in [7, 11) is 1.92. The lowest BCUT2D eigenvalue weighted by Crippen LogP contribution is -2.23. The van der Waals surface area contributed by atoms with Gasteiger partial charge in [-0.05, 0) is 37.0 Å². The zero-order valence-corrected chi connectivity index (χ0v) is 11.2. The van der Waals surface area contributed by atoms with Crippen LogP contribution in [0.25, 0.3) is 0 Å². The van der Waals surface area contributed by atoms with Gasteiger partial charge in [-0.3, -0.25) is 0 Å². The molecule has 17 heavy (non-hydrogen) atoms. The minimum absolute atomic E-state index is 0.0636. The van der Waals surface area contributed by atoms with Crippen molar-refractivity contribution in [1.82, 2.24) is 0 Å². The second-order valence-electron chi connectivity index (χ2n) is 5.24. The van der Waals surface area contributed by atoms with E-state index in [-0.39, 0.29) is 11.9 Å². The van der Waals surface area contributed by atoms with Gasteiger partial charge in [-0.2, -0.15) is 0 Å². The fourth-order valence-electron chi connectivity index (χ4n) is 2.00. The molecule has 0 aliphatic heterocycles. The Hall–Kier alpha value is -1.09. The standard InChI is InChI=1S/C14H23FN2/c1-10(2)9-17(4)14-6-5-12(7-11(3)16)8-13(14)15/h5-6,8,10-11H,7,9,16H2,1-4H3. The Kier molecular flexibility index (Phi) is 4.94. The van der Waals surface area contributed by atoms with Gasteiger partial charge < -0.3 is 10.6 Å². The Morgan fingerprint density at radius 1 is 1.29 bits per heavy atom.